The first-order chi connectivity index (χ1) is 6.24. The van der Waals surface area contributed by atoms with E-state index in [1.807, 2.05) is 0 Å². The highest BCUT2D eigenvalue weighted by Gasteiger charge is 2.38. The Balaban J connectivity index is 2.04. The average molecular weight is 184 g/mol. The van der Waals surface area contributed by atoms with E-state index in [1.54, 1.807) is 10.9 Å². The van der Waals surface area contributed by atoms with Gasteiger partial charge in [-0.3, -0.25) is 0 Å². The van der Waals surface area contributed by atoms with Crippen molar-refractivity contribution < 1.29 is 9.84 Å². The Bertz CT molecular complexity index is 289. The highest BCUT2D eigenvalue weighted by molar-refractivity contribution is 5.19. The maximum absolute atomic E-state index is 9.13. The van der Waals surface area contributed by atoms with Gasteiger partial charge in [0.1, 0.15) is 0 Å². The van der Waals surface area contributed by atoms with Crippen molar-refractivity contribution in [3.63, 3.8) is 0 Å². The minimum absolute atomic E-state index is 0.104. The third kappa shape index (κ3) is 1.50. The maximum atomic E-state index is 9.13. The summed E-state index contributed by atoms with van der Waals surface area (Å²) in [4.78, 5) is 0. The first kappa shape index (κ1) is 8.46. The van der Waals surface area contributed by atoms with E-state index in [2.05, 4.69) is 10.3 Å². The zero-order chi connectivity index (χ0) is 9.31. The molecule has 0 radical (unpaired) electrons. The van der Waals surface area contributed by atoms with Gasteiger partial charge in [0.05, 0.1) is 38.0 Å². The van der Waals surface area contributed by atoms with Crippen LogP contribution >= 0.6 is 0 Å². The smallest absolute Gasteiger partial charge is 0.165 e. The lowest BCUT2D eigenvalue weighted by atomic mass is 9.87. The van der Waals surface area contributed by atoms with Gasteiger partial charge in [-0.05, 0) is 0 Å². The molecule has 13 heavy (non-hydrogen) atoms. The number of hydrogen-bond donors (Lipinski definition) is 2. The van der Waals surface area contributed by atoms with Crippen LogP contribution < -0.4 is 5.73 Å². The van der Waals surface area contributed by atoms with E-state index < -0.39 is 0 Å². The van der Waals surface area contributed by atoms with Gasteiger partial charge in [0, 0.05) is 0 Å². The molecule has 3 N–H and O–H groups in total. The Morgan fingerprint density at radius 1 is 1.69 bits per heavy atom. The Morgan fingerprint density at radius 2 is 2.46 bits per heavy atom. The van der Waals surface area contributed by atoms with Gasteiger partial charge in [-0.25, -0.2) is 4.68 Å². The summed E-state index contributed by atoms with van der Waals surface area (Å²) in [5.74, 6) is 0.397. The molecule has 72 valence electrons. The molecule has 1 aromatic heterocycles. The number of anilines is 1. The first-order valence-corrected chi connectivity index (χ1v) is 4.08. The number of aliphatic hydroxyl groups excluding tert-OH is 1. The van der Waals surface area contributed by atoms with E-state index >= 15 is 0 Å². The highest BCUT2D eigenvalue weighted by Crippen LogP contribution is 2.28. The lowest BCUT2D eigenvalue weighted by Gasteiger charge is -2.39. The van der Waals surface area contributed by atoms with E-state index in [4.69, 9.17) is 15.6 Å². The standard InChI is InChI=1S/C7H12N4O2/c8-6-1-11(10-9-6)2-7(3-12)4-13-5-7/h1,12H,2-5,8H2. The van der Waals surface area contributed by atoms with Crippen LogP contribution in [0, 0.1) is 5.41 Å². The summed E-state index contributed by atoms with van der Waals surface area (Å²) in [6.45, 7) is 1.85. The van der Waals surface area contributed by atoms with Crippen molar-refractivity contribution in [2.24, 2.45) is 5.41 Å². The van der Waals surface area contributed by atoms with Crippen LogP contribution in [-0.4, -0.2) is 39.9 Å². The number of nitrogens with two attached hydrogens (primary N) is 1. The fourth-order valence-corrected chi connectivity index (χ4v) is 1.36. The quantitative estimate of drug-likeness (QED) is 0.620. The molecule has 6 nitrogen and oxygen atoms in total. The highest BCUT2D eigenvalue weighted by atomic mass is 16.5. The molecule has 1 aliphatic heterocycles. The zero-order valence-corrected chi connectivity index (χ0v) is 7.18. The lowest BCUT2D eigenvalue weighted by Crippen LogP contribution is -2.48. The third-order valence-corrected chi connectivity index (χ3v) is 2.21. The predicted molar refractivity (Wildman–Crippen MR) is 44.8 cm³/mol. The summed E-state index contributed by atoms with van der Waals surface area (Å²) in [7, 11) is 0. The predicted octanol–water partition coefficient (Wildman–Crippen LogP) is -1.13. The second kappa shape index (κ2) is 2.97. The molecule has 2 rings (SSSR count). The molecular formula is C7H12N4O2. The summed E-state index contributed by atoms with van der Waals surface area (Å²) in [5.41, 5.74) is 5.23. The largest absolute Gasteiger partial charge is 0.396 e. The summed E-state index contributed by atoms with van der Waals surface area (Å²) in [6, 6.07) is 0. The number of rotatable bonds is 3. The van der Waals surface area contributed by atoms with Gasteiger partial charge in [-0.15, -0.1) is 5.10 Å². The van der Waals surface area contributed by atoms with Gasteiger partial charge in [-0.1, -0.05) is 5.21 Å². The van der Waals surface area contributed by atoms with Crippen LogP contribution in [0.25, 0.3) is 0 Å². The Morgan fingerprint density at radius 3 is 2.85 bits per heavy atom. The van der Waals surface area contributed by atoms with Gasteiger partial charge in [0.25, 0.3) is 0 Å². The average Bonchev–Trinajstić information content (AvgIpc) is 2.44. The molecule has 6 heteroatoms. The van der Waals surface area contributed by atoms with Gasteiger partial charge in [0.2, 0.25) is 0 Å². The zero-order valence-electron chi connectivity index (χ0n) is 7.18. The van der Waals surface area contributed by atoms with Gasteiger partial charge < -0.3 is 15.6 Å². The number of hydrogen-bond acceptors (Lipinski definition) is 5. The van der Waals surface area contributed by atoms with Gasteiger partial charge >= 0.3 is 0 Å². The van der Waals surface area contributed by atoms with E-state index in [1.165, 1.54) is 0 Å². The SMILES string of the molecule is Nc1cn(CC2(CO)COC2)nn1. The van der Waals surface area contributed by atoms with Crippen LogP contribution in [-0.2, 0) is 11.3 Å². The van der Waals surface area contributed by atoms with Crippen molar-refractivity contribution in [3.05, 3.63) is 6.20 Å². The maximum Gasteiger partial charge on any atom is 0.165 e. The van der Waals surface area contributed by atoms with E-state index in [-0.39, 0.29) is 12.0 Å². The number of ether oxygens (including phenoxy) is 1. The second-order valence-electron chi connectivity index (χ2n) is 3.49. The second-order valence-corrected chi connectivity index (χ2v) is 3.49. The molecule has 0 saturated carbocycles. The molecule has 0 amide bonds. The molecule has 1 aromatic rings. The van der Waals surface area contributed by atoms with Gasteiger partial charge in [0.15, 0.2) is 5.82 Å². The summed E-state index contributed by atoms with van der Waals surface area (Å²) in [5, 5.41) is 16.6. The molecule has 0 aliphatic carbocycles. The van der Waals surface area contributed by atoms with Crippen LogP contribution in [0.5, 0.6) is 0 Å². The van der Waals surface area contributed by atoms with Gasteiger partial charge in [-0.2, -0.15) is 0 Å². The Kier molecular flexibility index (Phi) is 1.93. The number of nitrogens with zero attached hydrogens (tertiary/aromatic N) is 3. The molecule has 0 unspecified atom stereocenters. The van der Waals surface area contributed by atoms with E-state index in [0.29, 0.717) is 25.6 Å². The number of aromatic nitrogens is 3. The molecule has 1 saturated heterocycles. The molecule has 0 atom stereocenters. The van der Waals surface area contributed by atoms with E-state index in [0.717, 1.165) is 0 Å². The third-order valence-electron chi connectivity index (χ3n) is 2.21. The van der Waals surface area contributed by atoms with Crippen LogP contribution in [0.1, 0.15) is 0 Å². The van der Waals surface area contributed by atoms with Crippen molar-refractivity contribution >= 4 is 5.82 Å². The molecule has 0 bridgehead atoms. The number of aliphatic hydroxyl groups is 1. The summed E-state index contributed by atoms with van der Waals surface area (Å²) < 4.78 is 6.69. The summed E-state index contributed by atoms with van der Waals surface area (Å²) in [6.07, 6.45) is 1.65. The van der Waals surface area contributed by atoms with Crippen LogP contribution in [0.3, 0.4) is 0 Å². The molecule has 1 aliphatic rings. The topological polar surface area (TPSA) is 86.2 Å². The first-order valence-electron chi connectivity index (χ1n) is 4.08. The monoisotopic (exact) mass is 184 g/mol. The summed E-state index contributed by atoms with van der Waals surface area (Å²) >= 11 is 0. The lowest BCUT2D eigenvalue weighted by molar-refractivity contribution is -0.146. The minimum atomic E-state index is -0.180. The van der Waals surface area contributed by atoms with Crippen molar-refractivity contribution in [1.29, 1.82) is 0 Å². The fourth-order valence-electron chi connectivity index (χ4n) is 1.36. The minimum Gasteiger partial charge on any atom is -0.396 e. The molecule has 2 heterocycles. The Hall–Kier alpha value is -1.14. The van der Waals surface area contributed by atoms with Crippen molar-refractivity contribution in [3.8, 4) is 0 Å². The van der Waals surface area contributed by atoms with Crippen molar-refractivity contribution in [2.45, 2.75) is 6.54 Å². The van der Waals surface area contributed by atoms with Crippen LogP contribution in [0.4, 0.5) is 5.82 Å². The number of nitrogen functional groups attached to an aromatic ring is 1. The molecular weight excluding hydrogens is 172 g/mol. The van der Waals surface area contributed by atoms with E-state index in [9.17, 15) is 0 Å². The normalized spacial score (nSPS) is 19.8. The van der Waals surface area contributed by atoms with Crippen molar-refractivity contribution in [2.75, 3.05) is 25.6 Å². The van der Waals surface area contributed by atoms with Crippen LogP contribution in [0.15, 0.2) is 6.20 Å². The molecule has 0 spiro atoms. The van der Waals surface area contributed by atoms with Crippen LogP contribution in [0.2, 0.25) is 0 Å². The molecule has 0 aromatic carbocycles. The fraction of sp³-hybridized carbons (Fsp3) is 0.714. The Labute approximate surface area is 75.3 Å². The molecule has 1 fully saturated rings. The van der Waals surface area contributed by atoms with Crippen molar-refractivity contribution in [1.82, 2.24) is 15.0 Å².